The molecule has 8 heteroatoms. The predicted octanol–water partition coefficient (Wildman–Crippen LogP) is 7.37. The second-order valence-electron chi connectivity index (χ2n) is 9.05. The monoisotopic (exact) mass is 530 g/mol. The molecular formula is C29H24Cl2N4O2. The first-order valence-corrected chi connectivity index (χ1v) is 12.9. The molecule has 2 aromatic heterocycles. The standard InChI is InChI=1S/C29H24Cl2N4O2/c1-37-21-13-10-18(11-14-21)25-22-9-5-6-16-34-27(19-7-3-2-4-8-19)33-35(29(22)34)26(25)28(36)32-20-12-15-23(30)24(31)17-20/h2-4,7-8,10-15,17H,5-6,9,16H2,1H3,(H,32,36). The first kappa shape index (κ1) is 23.6. The van der Waals surface area contributed by atoms with E-state index < -0.39 is 0 Å². The van der Waals surface area contributed by atoms with Crippen molar-refractivity contribution in [1.29, 1.82) is 0 Å². The second-order valence-corrected chi connectivity index (χ2v) is 9.86. The number of methoxy groups -OCH3 is 1. The molecule has 0 saturated heterocycles. The van der Waals surface area contributed by atoms with Crippen molar-refractivity contribution in [2.75, 3.05) is 12.4 Å². The smallest absolute Gasteiger partial charge is 0.275 e. The van der Waals surface area contributed by atoms with Gasteiger partial charge >= 0.3 is 0 Å². The maximum Gasteiger partial charge on any atom is 0.275 e. The Morgan fingerprint density at radius 2 is 1.73 bits per heavy atom. The first-order valence-electron chi connectivity index (χ1n) is 12.2. The van der Waals surface area contributed by atoms with Crippen molar-refractivity contribution < 1.29 is 9.53 Å². The molecule has 0 bridgehead atoms. The molecule has 0 aliphatic carbocycles. The van der Waals surface area contributed by atoms with Crippen LogP contribution in [0.4, 0.5) is 5.69 Å². The summed E-state index contributed by atoms with van der Waals surface area (Å²) < 4.78 is 9.44. The van der Waals surface area contributed by atoms with Gasteiger partial charge in [0.05, 0.1) is 17.2 Å². The maximum absolute atomic E-state index is 14.0. The van der Waals surface area contributed by atoms with Crippen molar-refractivity contribution in [2.24, 2.45) is 0 Å². The van der Waals surface area contributed by atoms with Crippen LogP contribution in [-0.2, 0) is 13.0 Å². The number of halogens is 2. The molecule has 0 radical (unpaired) electrons. The lowest BCUT2D eigenvalue weighted by molar-refractivity contribution is 0.102. The van der Waals surface area contributed by atoms with Gasteiger partial charge in [0, 0.05) is 28.9 Å². The third kappa shape index (κ3) is 4.16. The number of anilines is 1. The minimum atomic E-state index is -0.268. The zero-order valence-corrected chi connectivity index (χ0v) is 21.7. The number of aromatic nitrogens is 3. The van der Waals surface area contributed by atoms with Crippen molar-refractivity contribution in [3.05, 3.63) is 94.1 Å². The Bertz CT molecular complexity index is 1620. The Hall–Kier alpha value is -3.74. The molecule has 0 spiro atoms. The van der Waals surface area contributed by atoms with E-state index in [4.69, 9.17) is 33.0 Å². The summed E-state index contributed by atoms with van der Waals surface area (Å²) in [6.45, 7) is 0.834. The number of ether oxygens (including phenoxy) is 1. The van der Waals surface area contributed by atoms with Gasteiger partial charge < -0.3 is 14.6 Å². The number of carbonyl (C=O) groups excluding carboxylic acids is 1. The van der Waals surface area contributed by atoms with Gasteiger partial charge in [-0.25, -0.2) is 4.52 Å². The van der Waals surface area contributed by atoms with E-state index >= 15 is 0 Å². The fourth-order valence-corrected chi connectivity index (χ4v) is 5.38. The molecule has 1 amide bonds. The van der Waals surface area contributed by atoms with Crippen LogP contribution in [0.1, 0.15) is 28.9 Å². The number of nitrogens with one attached hydrogen (secondary N) is 1. The zero-order valence-electron chi connectivity index (χ0n) is 20.2. The Labute approximate surface area is 224 Å². The van der Waals surface area contributed by atoms with Gasteiger partial charge in [-0.05, 0) is 55.2 Å². The quantitative estimate of drug-likeness (QED) is 0.258. The third-order valence-corrected chi connectivity index (χ3v) is 7.53. The topological polar surface area (TPSA) is 60.6 Å². The molecule has 0 unspecified atom stereocenters. The van der Waals surface area contributed by atoms with Crippen LogP contribution in [0.2, 0.25) is 10.0 Å². The lowest BCUT2D eigenvalue weighted by atomic mass is 9.97. The fraction of sp³-hybridized carbons (Fsp3) is 0.172. The van der Waals surface area contributed by atoms with E-state index in [9.17, 15) is 4.79 Å². The van der Waals surface area contributed by atoms with E-state index in [1.165, 1.54) is 0 Å². The highest BCUT2D eigenvalue weighted by Gasteiger charge is 2.31. The zero-order chi connectivity index (χ0) is 25.5. The number of hydrogen-bond donors (Lipinski definition) is 1. The Balaban J connectivity index is 1.59. The van der Waals surface area contributed by atoms with E-state index in [-0.39, 0.29) is 5.91 Å². The average molecular weight is 531 g/mol. The van der Waals surface area contributed by atoms with Crippen molar-refractivity contribution in [3.63, 3.8) is 0 Å². The van der Waals surface area contributed by atoms with E-state index in [0.717, 1.165) is 65.3 Å². The normalized spacial score (nSPS) is 12.9. The lowest BCUT2D eigenvalue weighted by Crippen LogP contribution is -2.16. The molecule has 0 fully saturated rings. The molecule has 1 aliphatic rings. The van der Waals surface area contributed by atoms with Crippen molar-refractivity contribution in [1.82, 2.24) is 14.2 Å². The summed E-state index contributed by atoms with van der Waals surface area (Å²) in [6.07, 6.45) is 2.91. The lowest BCUT2D eigenvalue weighted by Gasteiger charge is -2.11. The predicted molar refractivity (Wildman–Crippen MR) is 148 cm³/mol. The largest absolute Gasteiger partial charge is 0.497 e. The van der Waals surface area contributed by atoms with E-state index in [0.29, 0.717) is 21.4 Å². The Morgan fingerprint density at radius 1 is 0.946 bits per heavy atom. The molecule has 0 saturated carbocycles. The van der Waals surface area contributed by atoms with Crippen LogP contribution in [0.15, 0.2) is 72.8 Å². The summed E-state index contributed by atoms with van der Waals surface area (Å²) in [5, 5.41) is 8.84. The van der Waals surface area contributed by atoms with Crippen molar-refractivity contribution in [2.45, 2.75) is 25.8 Å². The van der Waals surface area contributed by atoms with Crippen LogP contribution in [-0.4, -0.2) is 27.2 Å². The fourth-order valence-electron chi connectivity index (χ4n) is 5.08. The number of nitrogens with zero attached hydrogens (tertiary/aromatic N) is 3. The van der Waals surface area contributed by atoms with Crippen LogP contribution in [0, 0.1) is 0 Å². The maximum atomic E-state index is 14.0. The van der Waals surface area contributed by atoms with Gasteiger partial charge in [-0.1, -0.05) is 65.7 Å². The summed E-state index contributed by atoms with van der Waals surface area (Å²) in [4.78, 5) is 14.0. The number of benzene rings is 3. The number of aryl methyl sites for hydroxylation is 2. The van der Waals surface area contributed by atoms with Gasteiger partial charge in [-0.2, -0.15) is 0 Å². The SMILES string of the molecule is COc1ccc(-c2c3c4n(c(-c5ccccc5)nn4c2C(=O)Nc2ccc(Cl)c(Cl)c2)CCCC3)cc1. The van der Waals surface area contributed by atoms with Gasteiger partial charge in [0.1, 0.15) is 17.1 Å². The first-order chi connectivity index (χ1) is 18.0. The van der Waals surface area contributed by atoms with Gasteiger partial charge in [-0.15, -0.1) is 5.10 Å². The highest BCUT2D eigenvalue weighted by atomic mass is 35.5. The molecule has 37 heavy (non-hydrogen) atoms. The Morgan fingerprint density at radius 3 is 2.46 bits per heavy atom. The number of hydrogen-bond acceptors (Lipinski definition) is 3. The van der Waals surface area contributed by atoms with Crippen molar-refractivity contribution >= 4 is 40.4 Å². The molecular weight excluding hydrogens is 507 g/mol. The molecule has 0 atom stereocenters. The molecule has 1 aliphatic heterocycles. The highest BCUT2D eigenvalue weighted by Crippen LogP contribution is 2.39. The van der Waals surface area contributed by atoms with Gasteiger partial charge in [0.25, 0.3) is 5.91 Å². The molecule has 6 rings (SSSR count). The molecule has 3 aromatic carbocycles. The van der Waals surface area contributed by atoms with E-state index in [2.05, 4.69) is 22.0 Å². The second kappa shape index (κ2) is 9.61. The summed E-state index contributed by atoms with van der Waals surface area (Å²) in [7, 11) is 1.64. The van der Waals surface area contributed by atoms with Gasteiger partial charge in [0.2, 0.25) is 0 Å². The third-order valence-electron chi connectivity index (χ3n) is 6.79. The molecule has 186 valence electrons. The number of amides is 1. The van der Waals surface area contributed by atoms with Crippen LogP contribution in [0.3, 0.4) is 0 Å². The van der Waals surface area contributed by atoms with Crippen LogP contribution in [0.5, 0.6) is 5.75 Å². The minimum Gasteiger partial charge on any atom is -0.497 e. The van der Waals surface area contributed by atoms with Crippen LogP contribution >= 0.6 is 23.2 Å². The summed E-state index contributed by atoms with van der Waals surface area (Å²) in [5.41, 5.74) is 5.97. The number of rotatable bonds is 5. The molecule has 1 N–H and O–H groups in total. The van der Waals surface area contributed by atoms with E-state index in [1.54, 1.807) is 25.3 Å². The highest BCUT2D eigenvalue weighted by molar-refractivity contribution is 6.42. The number of carbonyl (C=O) groups is 1. The molecule has 6 nitrogen and oxygen atoms in total. The molecule has 5 aromatic rings. The van der Waals surface area contributed by atoms with Crippen LogP contribution < -0.4 is 10.1 Å². The van der Waals surface area contributed by atoms with E-state index in [1.807, 2.05) is 47.0 Å². The Kier molecular flexibility index (Phi) is 6.14. The van der Waals surface area contributed by atoms with Gasteiger partial charge in [-0.3, -0.25) is 4.79 Å². The van der Waals surface area contributed by atoms with Crippen LogP contribution in [0.25, 0.3) is 28.2 Å². The van der Waals surface area contributed by atoms with Crippen molar-refractivity contribution in [3.8, 4) is 28.3 Å². The summed E-state index contributed by atoms with van der Waals surface area (Å²) in [5.74, 6) is 1.34. The summed E-state index contributed by atoms with van der Waals surface area (Å²) in [6, 6.07) is 23.0. The van der Waals surface area contributed by atoms with Gasteiger partial charge in [0.15, 0.2) is 5.82 Å². The average Bonchev–Trinajstić information content (AvgIpc) is 3.34. The summed E-state index contributed by atoms with van der Waals surface area (Å²) >= 11 is 12.3. The minimum absolute atomic E-state index is 0.268. The molecule has 3 heterocycles.